The van der Waals surface area contributed by atoms with Gasteiger partial charge in [0.2, 0.25) is 10.0 Å². The van der Waals surface area contributed by atoms with E-state index < -0.39 is 10.0 Å². The molecule has 9 heteroatoms. The molecule has 0 saturated carbocycles. The van der Waals surface area contributed by atoms with E-state index in [4.69, 9.17) is 5.14 Å². The number of hydrogen-bond donors (Lipinski definition) is 1. The van der Waals surface area contributed by atoms with E-state index in [1.165, 1.54) is 36.0 Å². The Hall–Kier alpha value is -2.23. The molecule has 3 rings (SSSR count). The predicted octanol–water partition coefficient (Wildman–Crippen LogP) is 2.44. The Labute approximate surface area is 142 Å². The number of hydrogen-bond acceptors (Lipinski definition) is 5. The van der Waals surface area contributed by atoms with Gasteiger partial charge in [-0.15, -0.1) is 10.2 Å². The molecule has 0 aliphatic rings. The molecule has 0 amide bonds. The molecule has 1 heterocycles. The second-order valence-electron chi connectivity index (χ2n) is 4.89. The summed E-state index contributed by atoms with van der Waals surface area (Å²) in [5.74, 6) is 0.190. The molecule has 0 radical (unpaired) electrons. The van der Waals surface area contributed by atoms with E-state index in [1.54, 1.807) is 28.8 Å². The highest BCUT2D eigenvalue weighted by Gasteiger charge is 2.16. The number of sulfonamides is 1. The third kappa shape index (κ3) is 3.18. The minimum Gasteiger partial charge on any atom is -0.270 e. The van der Waals surface area contributed by atoms with Crippen LogP contribution < -0.4 is 5.14 Å². The Morgan fingerprint density at radius 2 is 1.67 bits per heavy atom. The van der Waals surface area contributed by atoms with E-state index >= 15 is 0 Å². The van der Waals surface area contributed by atoms with E-state index in [-0.39, 0.29) is 10.7 Å². The van der Waals surface area contributed by atoms with Crippen molar-refractivity contribution < 1.29 is 12.8 Å². The summed E-state index contributed by atoms with van der Waals surface area (Å²) in [4.78, 5) is 0.0216. The van der Waals surface area contributed by atoms with Crippen LogP contribution >= 0.6 is 11.8 Å². The average Bonchev–Trinajstić information content (AvgIpc) is 2.99. The molecule has 2 N–H and O–H groups in total. The summed E-state index contributed by atoms with van der Waals surface area (Å²) in [5, 5.41) is 14.0. The van der Waals surface area contributed by atoms with Gasteiger partial charge in [0, 0.05) is 11.3 Å². The van der Waals surface area contributed by atoms with Gasteiger partial charge in [-0.25, -0.2) is 17.9 Å². The molecular weight excluding hydrogens is 351 g/mol. The Morgan fingerprint density at radius 3 is 2.21 bits per heavy atom. The lowest BCUT2D eigenvalue weighted by atomic mass is 10.2. The zero-order valence-corrected chi connectivity index (χ0v) is 14.2. The average molecular weight is 364 g/mol. The second-order valence-corrected chi connectivity index (χ2v) is 7.23. The van der Waals surface area contributed by atoms with Crippen molar-refractivity contribution in [3.8, 4) is 17.1 Å². The van der Waals surface area contributed by atoms with E-state index in [2.05, 4.69) is 10.2 Å². The number of nitrogens with two attached hydrogens (primary N) is 1. The number of thioether (sulfide) groups is 1. The molecule has 3 aromatic rings. The van der Waals surface area contributed by atoms with Crippen molar-refractivity contribution in [1.82, 2.24) is 14.8 Å². The summed E-state index contributed by atoms with van der Waals surface area (Å²) in [6.07, 6.45) is 1.85. The molecule has 0 spiro atoms. The lowest BCUT2D eigenvalue weighted by Crippen LogP contribution is -2.12. The van der Waals surface area contributed by atoms with Crippen LogP contribution in [0.5, 0.6) is 0 Å². The molecular formula is C15H13FN4O2S2. The first-order valence-electron chi connectivity index (χ1n) is 6.79. The minimum atomic E-state index is -3.76. The SMILES string of the molecule is CSc1nnc(-c2ccc(F)cc2)n1-c1ccc(S(N)(=O)=O)cc1. The monoisotopic (exact) mass is 364 g/mol. The van der Waals surface area contributed by atoms with E-state index in [1.807, 2.05) is 6.26 Å². The summed E-state index contributed by atoms with van der Waals surface area (Å²) in [7, 11) is -3.76. The fraction of sp³-hybridized carbons (Fsp3) is 0.0667. The molecule has 0 bridgehead atoms. The Kier molecular flexibility index (Phi) is 4.39. The highest BCUT2D eigenvalue weighted by Crippen LogP contribution is 2.27. The van der Waals surface area contributed by atoms with Gasteiger partial charge in [-0.1, -0.05) is 11.8 Å². The van der Waals surface area contributed by atoms with Crippen LogP contribution in [0.1, 0.15) is 0 Å². The van der Waals surface area contributed by atoms with E-state index in [9.17, 15) is 12.8 Å². The number of benzene rings is 2. The van der Waals surface area contributed by atoms with Crippen molar-refractivity contribution in [2.24, 2.45) is 5.14 Å². The standard InChI is InChI=1S/C15H13FN4O2S2/c1-23-15-19-18-14(10-2-4-11(16)5-3-10)20(15)12-6-8-13(9-7-12)24(17,21)22/h2-9H,1H3,(H2,17,21,22). The molecule has 0 aliphatic carbocycles. The number of halogens is 1. The zero-order chi connectivity index (χ0) is 17.3. The molecule has 6 nitrogen and oxygen atoms in total. The highest BCUT2D eigenvalue weighted by molar-refractivity contribution is 7.98. The fourth-order valence-corrected chi connectivity index (χ4v) is 3.22. The van der Waals surface area contributed by atoms with Gasteiger partial charge in [0.15, 0.2) is 11.0 Å². The molecule has 0 saturated heterocycles. The normalized spacial score (nSPS) is 11.6. The molecule has 0 atom stereocenters. The van der Waals surface area contributed by atoms with Crippen LogP contribution in [0.25, 0.3) is 17.1 Å². The van der Waals surface area contributed by atoms with Gasteiger partial charge in [-0.3, -0.25) is 4.57 Å². The third-order valence-electron chi connectivity index (χ3n) is 3.34. The first-order valence-corrected chi connectivity index (χ1v) is 9.56. The topological polar surface area (TPSA) is 90.9 Å². The highest BCUT2D eigenvalue weighted by atomic mass is 32.2. The van der Waals surface area contributed by atoms with Crippen LogP contribution in [0, 0.1) is 5.82 Å². The van der Waals surface area contributed by atoms with Crippen molar-refractivity contribution in [2.45, 2.75) is 10.1 Å². The summed E-state index contributed by atoms with van der Waals surface area (Å²) < 4.78 is 37.7. The van der Waals surface area contributed by atoms with Gasteiger partial charge in [-0.2, -0.15) is 0 Å². The summed E-state index contributed by atoms with van der Waals surface area (Å²) in [6, 6.07) is 12.0. The fourth-order valence-electron chi connectivity index (χ4n) is 2.21. The lowest BCUT2D eigenvalue weighted by Gasteiger charge is -2.10. The molecule has 0 aliphatic heterocycles. The molecule has 24 heavy (non-hydrogen) atoms. The van der Waals surface area contributed by atoms with Gasteiger partial charge < -0.3 is 0 Å². The van der Waals surface area contributed by atoms with Crippen LogP contribution in [0.15, 0.2) is 58.6 Å². The van der Waals surface area contributed by atoms with Crippen molar-refractivity contribution in [2.75, 3.05) is 6.26 Å². The molecule has 2 aromatic carbocycles. The molecule has 0 unspecified atom stereocenters. The summed E-state index contributed by atoms with van der Waals surface area (Å²) >= 11 is 1.39. The largest absolute Gasteiger partial charge is 0.270 e. The Morgan fingerprint density at radius 1 is 1.04 bits per heavy atom. The van der Waals surface area contributed by atoms with Crippen molar-refractivity contribution in [3.05, 3.63) is 54.3 Å². The van der Waals surface area contributed by atoms with Crippen LogP contribution in [-0.2, 0) is 10.0 Å². The van der Waals surface area contributed by atoms with Crippen LogP contribution in [-0.4, -0.2) is 29.4 Å². The zero-order valence-electron chi connectivity index (χ0n) is 12.5. The van der Waals surface area contributed by atoms with Crippen LogP contribution in [0.4, 0.5) is 4.39 Å². The molecule has 124 valence electrons. The van der Waals surface area contributed by atoms with Gasteiger partial charge in [0.1, 0.15) is 5.82 Å². The number of rotatable bonds is 4. The summed E-state index contributed by atoms with van der Waals surface area (Å²) in [5.41, 5.74) is 1.37. The van der Waals surface area contributed by atoms with Gasteiger partial charge >= 0.3 is 0 Å². The van der Waals surface area contributed by atoms with E-state index in [0.717, 1.165) is 0 Å². The van der Waals surface area contributed by atoms with Crippen molar-refractivity contribution >= 4 is 21.8 Å². The van der Waals surface area contributed by atoms with Gasteiger partial charge in [0.25, 0.3) is 0 Å². The first kappa shape index (κ1) is 16.6. The quantitative estimate of drug-likeness (QED) is 0.718. The van der Waals surface area contributed by atoms with Crippen LogP contribution in [0.3, 0.4) is 0 Å². The lowest BCUT2D eigenvalue weighted by molar-refractivity contribution is 0.598. The van der Waals surface area contributed by atoms with Gasteiger partial charge in [-0.05, 0) is 54.8 Å². The molecule has 1 aromatic heterocycles. The first-order chi connectivity index (χ1) is 11.4. The Bertz CT molecular complexity index is 968. The van der Waals surface area contributed by atoms with Gasteiger partial charge in [0.05, 0.1) is 4.90 Å². The maximum Gasteiger partial charge on any atom is 0.238 e. The Balaban J connectivity index is 2.13. The van der Waals surface area contributed by atoms with Crippen molar-refractivity contribution in [3.63, 3.8) is 0 Å². The minimum absolute atomic E-state index is 0.0216. The number of primary sulfonamides is 1. The molecule has 0 fully saturated rings. The second kappa shape index (κ2) is 6.34. The summed E-state index contributed by atoms with van der Waals surface area (Å²) in [6.45, 7) is 0. The van der Waals surface area contributed by atoms with Crippen LogP contribution in [0.2, 0.25) is 0 Å². The maximum atomic E-state index is 13.1. The maximum absolute atomic E-state index is 13.1. The number of nitrogens with zero attached hydrogens (tertiary/aromatic N) is 3. The predicted molar refractivity (Wildman–Crippen MR) is 89.9 cm³/mol. The van der Waals surface area contributed by atoms with E-state index in [0.29, 0.717) is 22.2 Å². The number of aromatic nitrogens is 3. The third-order valence-corrected chi connectivity index (χ3v) is 4.90. The smallest absolute Gasteiger partial charge is 0.238 e. The van der Waals surface area contributed by atoms with Crippen molar-refractivity contribution in [1.29, 1.82) is 0 Å².